The third-order valence-corrected chi connectivity index (χ3v) is 7.11. The van der Waals surface area contributed by atoms with E-state index in [4.69, 9.17) is 15.7 Å². The number of hydrogen-bond donors (Lipinski definition) is 1. The van der Waals surface area contributed by atoms with Gasteiger partial charge in [0.25, 0.3) is 0 Å². The molecular weight excluding hydrogens is 464 g/mol. The predicted molar refractivity (Wildman–Crippen MR) is 160 cm³/mol. The summed E-state index contributed by atoms with van der Waals surface area (Å²) in [5.41, 5.74) is 10.5. The van der Waals surface area contributed by atoms with Crippen LogP contribution in [0.1, 0.15) is 5.56 Å². The van der Waals surface area contributed by atoms with E-state index in [0.717, 1.165) is 38.8 Å². The molecule has 7 rings (SSSR count). The highest BCUT2D eigenvalue weighted by atomic mass is 15.1. The highest BCUT2D eigenvalue weighted by molar-refractivity contribution is 6.13. The minimum Gasteiger partial charge on any atom is -0.383 e. The van der Waals surface area contributed by atoms with Gasteiger partial charge in [-0.2, -0.15) is 0 Å². The maximum Gasteiger partial charge on any atom is 0.163 e. The normalized spacial score (nSPS) is 11.8. The molecule has 0 aliphatic carbocycles. The minimum atomic E-state index is 0.419. The van der Waals surface area contributed by atoms with Gasteiger partial charge in [-0.25, -0.2) is 9.97 Å². The fourth-order valence-corrected chi connectivity index (χ4v) is 5.31. The maximum absolute atomic E-state index is 6.65. The molecule has 0 fully saturated rings. The number of hydrogen-bond acceptors (Lipinski definition) is 3. The van der Waals surface area contributed by atoms with Crippen molar-refractivity contribution >= 4 is 55.2 Å². The predicted octanol–water partition coefficient (Wildman–Crippen LogP) is 8.33. The molecule has 7 aromatic rings. The Morgan fingerprint density at radius 1 is 0.658 bits per heavy atom. The number of nitrogens with zero attached hydrogens (tertiary/aromatic N) is 3. The summed E-state index contributed by atoms with van der Waals surface area (Å²) in [7, 11) is 0. The van der Waals surface area contributed by atoms with Crippen LogP contribution < -0.4 is 5.73 Å². The molecule has 4 heteroatoms. The summed E-state index contributed by atoms with van der Waals surface area (Å²) in [6.45, 7) is 3.85. The lowest BCUT2D eigenvalue weighted by Crippen LogP contribution is -2.08. The van der Waals surface area contributed by atoms with E-state index < -0.39 is 0 Å². The van der Waals surface area contributed by atoms with Gasteiger partial charge in [-0.1, -0.05) is 97.6 Å². The summed E-state index contributed by atoms with van der Waals surface area (Å²) in [6.07, 6.45) is 5.54. The van der Waals surface area contributed by atoms with Crippen molar-refractivity contribution in [2.45, 2.75) is 0 Å². The standard InChI is InChI=1S/C34H24N4/c1-2-3-14-28-32(35)36-33(26-18-17-22-10-4-5-11-23(22)19-26)37-34(28)38-30-16-9-8-15-27(30)29-20-24-12-6-7-13-25(24)21-31(29)38/h2-21H,1H2,(H2,35,36,37)/b14-3-. The molecule has 0 saturated heterocycles. The number of para-hydroxylation sites is 1. The van der Waals surface area contributed by atoms with Crippen molar-refractivity contribution in [3.8, 4) is 17.2 Å². The first-order chi connectivity index (χ1) is 18.7. The monoisotopic (exact) mass is 488 g/mol. The molecule has 180 valence electrons. The molecule has 0 aliphatic rings. The Hall–Kier alpha value is -5.22. The van der Waals surface area contributed by atoms with E-state index in [9.17, 15) is 0 Å². The van der Waals surface area contributed by atoms with Crippen molar-refractivity contribution in [3.63, 3.8) is 0 Å². The van der Waals surface area contributed by atoms with Gasteiger partial charge in [0.2, 0.25) is 0 Å². The molecule has 0 bridgehead atoms. The first-order valence-corrected chi connectivity index (χ1v) is 12.6. The topological polar surface area (TPSA) is 56.7 Å². The molecule has 0 amide bonds. The highest BCUT2D eigenvalue weighted by Crippen LogP contribution is 2.37. The number of nitrogens with two attached hydrogens (primary N) is 1. The van der Waals surface area contributed by atoms with Crippen LogP contribution in [0.4, 0.5) is 5.82 Å². The smallest absolute Gasteiger partial charge is 0.163 e. The summed E-state index contributed by atoms with van der Waals surface area (Å²) >= 11 is 0. The molecule has 0 spiro atoms. The number of aromatic nitrogens is 3. The molecule has 0 unspecified atom stereocenters. The number of fused-ring (bicyclic) bond motifs is 5. The maximum atomic E-state index is 6.65. The van der Waals surface area contributed by atoms with Gasteiger partial charge in [-0.05, 0) is 51.9 Å². The molecule has 38 heavy (non-hydrogen) atoms. The van der Waals surface area contributed by atoms with Crippen molar-refractivity contribution in [1.82, 2.24) is 14.5 Å². The Morgan fingerprint density at radius 3 is 2.13 bits per heavy atom. The zero-order valence-corrected chi connectivity index (χ0v) is 20.7. The van der Waals surface area contributed by atoms with Gasteiger partial charge in [0.1, 0.15) is 5.82 Å². The Bertz CT molecular complexity index is 2060. The average molecular weight is 489 g/mol. The molecule has 5 aromatic carbocycles. The van der Waals surface area contributed by atoms with Gasteiger partial charge in [-0.15, -0.1) is 0 Å². The molecule has 0 aliphatic heterocycles. The number of nitrogen functional groups attached to an aromatic ring is 1. The number of allylic oxidation sites excluding steroid dienone is 2. The SMILES string of the molecule is C=C/C=C\c1c(N)nc(-c2ccc3ccccc3c2)nc1-n1c2ccccc2c2cc3ccccc3cc21. The second-order valence-corrected chi connectivity index (χ2v) is 9.40. The second kappa shape index (κ2) is 8.71. The first kappa shape index (κ1) is 22.0. The largest absolute Gasteiger partial charge is 0.383 e. The summed E-state index contributed by atoms with van der Waals surface area (Å²) < 4.78 is 2.21. The van der Waals surface area contributed by atoms with E-state index in [-0.39, 0.29) is 0 Å². The van der Waals surface area contributed by atoms with Crippen LogP contribution in [0, 0.1) is 0 Å². The van der Waals surface area contributed by atoms with E-state index in [1.807, 2.05) is 24.3 Å². The Labute approximate surface area is 220 Å². The quantitative estimate of drug-likeness (QED) is 0.253. The zero-order valence-electron chi connectivity index (χ0n) is 20.7. The molecule has 2 N–H and O–H groups in total. The van der Waals surface area contributed by atoms with E-state index in [2.05, 4.69) is 102 Å². The second-order valence-electron chi connectivity index (χ2n) is 9.40. The van der Waals surface area contributed by atoms with Crippen LogP contribution in [0.25, 0.3) is 66.6 Å². The van der Waals surface area contributed by atoms with Crippen molar-refractivity contribution in [2.75, 3.05) is 5.73 Å². The van der Waals surface area contributed by atoms with Gasteiger partial charge in [0, 0.05) is 16.3 Å². The lowest BCUT2D eigenvalue weighted by Gasteiger charge is -2.14. The summed E-state index contributed by atoms with van der Waals surface area (Å²) in [5.74, 6) is 1.74. The lowest BCUT2D eigenvalue weighted by molar-refractivity contribution is 1.04. The van der Waals surface area contributed by atoms with Crippen LogP contribution in [0.3, 0.4) is 0 Å². The van der Waals surface area contributed by atoms with Crippen LogP contribution in [0.2, 0.25) is 0 Å². The van der Waals surface area contributed by atoms with Crippen molar-refractivity contribution in [1.29, 1.82) is 0 Å². The van der Waals surface area contributed by atoms with Crippen LogP contribution >= 0.6 is 0 Å². The molecule has 2 heterocycles. The van der Waals surface area contributed by atoms with Crippen molar-refractivity contribution < 1.29 is 0 Å². The highest BCUT2D eigenvalue weighted by Gasteiger charge is 2.19. The van der Waals surface area contributed by atoms with Gasteiger partial charge < -0.3 is 5.73 Å². The van der Waals surface area contributed by atoms with E-state index in [0.29, 0.717) is 11.6 Å². The Morgan fingerprint density at radius 2 is 1.34 bits per heavy atom. The van der Waals surface area contributed by atoms with E-state index in [1.165, 1.54) is 21.5 Å². The van der Waals surface area contributed by atoms with Crippen molar-refractivity contribution in [3.05, 3.63) is 127 Å². The first-order valence-electron chi connectivity index (χ1n) is 12.6. The molecule has 0 saturated carbocycles. The number of rotatable bonds is 4. The van der Waals surface area contributed by atoms with Gasteiger partial charge in [0.15, 0.2) is 11.6 Å². The van der Waals surface area contributed by atoms with Gasteiger partial charge >= 0.3 is 0 Å². The molecular formula is C34H24N4. The molecule has 0 atom stereocenters. The summed E-state index contributed by atoms with van der Waals surface area (Å²) in [6, 6.07) is 35.9. The molecule has 4 nitrogen and oxygen atoms in total. The lowest BCUT2D eigenvalue weighted by atomic mass is 10.1. The third kappa shape index (κ3) is 3.46. The Balaban J connectivity index is 1.58. The van der Waals surface area contributed by atoms with Gasteiger partial charge in [0.05, 0.1) is 16.6 Å². The summed E-state index contributed by atoms with van der Waals surface area (Å²) in [5, 5.41) is 7.01. The van der Waals surface area contributed by atoms with Crippen LogP contribution in [0.15, 0.2) is 122 Å². The molecule has 0 radical (unpaired) electrons. The zero-order chi connectivity index (χ0) is 25.6. The van der Waals surface area contributed by atoms with Gasteiger partial charge in [-0.3, -0.25) is 4.57 Å². The van der Waals surface area contributed by atoms with E-state index >= 15 is 0 Å². The van der Waals surface area contributed by atoms with Crippen molar-refractivity contribution in [2.24, 2.45) is 0 Å². The van der Waals surface area contributed by atoms with Crippen LogP contribution in [-0.2, 0) is 0 Å². The number of benzene rings is 5. The van der Waals surface area contributed by atoms with Crippen LogP contribution in [-0.4, -0.2) is 14.5 Å². The molecule has 2 aromatic heterocycles. The minimum absolute atomic E-state index is 0.419. The van der Waals surface area contributed by atoms with E-state index in [1.54, 1.807) is 6.08 Å². The average Bonchev–Trinajstić information content (AvgIpc) is 3.27. The fourth-order valence-electron chi connectivity index (χ4n) is 5.31. The van der Waals surface area contributed by atoms with Crippen LogP contribution in [0.5, 0.6) is 0 Å². The summed E-state index contributed by atoms with van der Waals surface area (Å²) in [4.78, 5) is 9.92. The Kier molecular flexibility index (Phi) is 5.05. The fraction of sp³-hybridized carbons (Fsp3) is 0. The third-order valence-electron chi connectivity index (χ3n) is 7.11. The number of anilines is 1.